The average Bonchev–Trinajstić information content (AvgIpc) is 2.99. The number of carbonyl (C=O) groups excluding carboxylic acids is 1. The lowest BCUT2D eigenvalue weighted by Gasteiger charge is -2.11. The van der Waals surface area contributed by atoms with Gasteiger partial charge in [-0.15, -0.1) is 0 Å². The second kappa shape index (κ2) is 5.81. The number of pyridine rings is 1. The summed E-state index contributed by atoms with van der Waals surface area (Å²) in [6.45, 7) is 3.78. The number of aromatic nitrogens is 2. The highest BCUT2D eigenvalue weighted by Gasteiger charge is 2.30. The lowest BCUT2D eigenvalue weighted by molar-refractivity contribution is 0.0940. The van der Waals surface area contributed by atoms with Crippen molar-refractivity contribution < 1.29 is 13.2 Å². The second-order valence-corrected chi connectivity index (χ2v) is 8.11. The fraction of sp³-hybridized carbons (Fsp3) is 0.375. The van der Waals surface area contributed by atoms with E-state index in [1.54, 1.807) is 6.20 Å². The van der Waals surface area contributed by atoms with Gasteiger partial charge in [-0.05, 0) is 38.5 Å². The topological polar surface area (TPSA) is 81.1 Å². The Bertz CT molecular complexity index is 841. The molecule has 1 aliphatic heterocycles. The zero-order chi connectivity index (χ0) is 16.6. The first-order valence-corrected chi connectivity index (χ1v) is 9.31. The zero-order valence-electron chi connectivity index (χ0n) is 13.1. The summed E-state index contributed by atoms with van der Waals surface area (Å²) in [5.74, 6) is 0.690. The predicted octanol–water partition coefficient (Wildman–Crippen LogP) is 1.41. The first-order valence-electron chi connectivity index (χ1n) is 7.49. The van der Waals surface area contributed by atoms with E-state index in [9.17, 15) is 13.2 Å². The van der Waals surface area contributed by atoms with Crippen molar-refractivity contribution in [2.45, 2.75) is 26.3 Å². The van der Waals surface area contributed by atoms with Gasteiger partial charge >= 0.3 is 0 Å². The Kier molecular flexibility index (Phi) is 3.97. The molecule has 0 radical (unpaired) electrons. The molecule has 1 amide bonds. The molecule has 0 aromatic carbocycles. The van der Waals surface area contributed by atoms with Gasteiger partial charge in [-0.25, -0.2) is 13.4 Å². The smallest absolute Gasteiger partial charge is 0.253 e. The molecule has 0 spiro atoms. The van der Waals surface area contributed by atoms with E-state index in [1.165, 1.54) is 0 Å². The molecule has 0 aliphatic carbocycles. The van der Waals surface area contributed by atoms with Crippen LogP contribution in [0.2, 0.25) is 0 Å². The van der Waals surface area contributed by atoms with Crippen LogP contribution in [0.5, 0.6) is 0 Å². The monoisotopic (exact) mass is 333 g/mol. The number of hydrogen-bond donors (Lipinski definition) is 1. The molecule has 1 fully saturated rings. The third-order valence-electron chi connectivity index (χ3n) is 4.12. The number of nitrogens with one attached hydrogen (secondary N) is 1. The van der Waals surface area contributed by atoms with Crippen LogP contribution in [-0.4, -0.2) is 41.4 Å². The van der Waals surface area contributed by atoms with Crippen LogP contribution in [0.3, 0.4) is 0 Å². The normalized spacial score (nSPS) is 19.7. The van der Waals surface area contributed by atoms with Crippen molar-refractivity contribution in [3.8, 4) is 5.82 Å². The van der Waals surface area contributed by atoms with Crippen molar-refractivity contribution in [1.29, 1.82) is 0 Å². The molecule has 7 heteroatoms. The van der Waals surface area contributed by atoms with Crippen molar-refractivity contribution in [2.75, 3.05) is 11.5 Å². The Morgan fingerprint density at radius 2 is 2.13 bits per heavy atom. The molecule has 2 aromatic heterocycles. The van der Waals surface area contributed by atoms with Gasteiger partial charge in [0.15, 0.2) is 9.84 Å². The number of rotatable bonds is 3. The van der Waals surface area contributed by atoms with Crippen molar-refractivity contribution in [3.63, 3.8) is 0 Å². The van der Waals surface area contributed by atoms with Crippen LogP contribution in [0.1, 0.15) is 28.2 Å². The Hall–Kier alpha value is -2.15. The minimum atomic E-state index is -3.01. The maximum atomic E-state index is 12.5. The molecule has 3 rings (SSSR count). The summed E-state index contributed by atoms with van der Waals surface area (Å²) in [5, 5.41) is 2.83. The molecular weight excluding hydrogens is 314 g/mol. The number of amides is 1. The summed E-state index contributed by atoms with van der Waals surface area (Å²) >= 11 is 0. The summed E-state index contributed by atoms with van der Waals surface area (Å²) in [4.78, 5) is 16.8. The van der Waals surface area contributed by atoms with Gasteiger partial charge in [0.05, 0.1) is 17.1 Å². The van der Waals surface area contributed by atoms with Gasteiger partial charge in [-0.2, -0.15) is 0 Å². The Morgan fingerprint density at radius 3 is 2.74 bits per heavy atom. The van der Waals surface area contributed by atoms with Gasteiger partial charge in [0, 0.05) is 23.6 Å². The highest BCUT2D eigenvalue weighted by Crippen LogP contribution is 2.20. The van der Waals surface area contributed by atoms with E-state index >= 15 is 0 Å². The van der Waals surface area contributed by atoms with E-state index in [-0.39, 0.29) is 23.5 Å². The predicted molar refractivity (Wildman–Crippen MR) is 87.6 cm³/mol. The minimum absolute atomic E-state index is 0.0255. The van der Waals surface area contributed by atoms with E-state index < -0.39 is 9.84 Å². The van der Waals surface area contributed by atoms with E-state index in [0.717, 1.165) is 17.2 Å². The second-order valence-electron chi connectivity index (χ2n) is 5.88. The zero-order valence-corrected chi connectivity index (χ0v) is 13.9. The molecule has 0 bridgehead atoms. The molecule has 6 nitrogen and oxygen atoms in total. The molecule has 122 valence electrons. The first-order chi connectivity index (χ1) is 10.9. The van der Waals surface area contributed by atoms with E-state index in [4.69, 9.17) is 0 Å². The molecule has 0 unspecified atom stereocenters. The lowest BCUT2D eigenvalue weighted by atomic mass is 10.2. The largest absolute Gasteiger partial charge is 0.348 e. The molecule has 0 saturated carbocycles. The summed E-state index contributed by atoms with van der Waals surface area (Å²) in [6, 6.07) is 7.12. The summed E-state index contributed by atoms with van der Waals surface area (Å²) < 4.78 is 24.9. The summed E-state index contributed by atoms with van der Waals surface area (Å²) in [7, 11) is -3.01. The van der Waals surface area contributed by atoms with Crippen LogP contribution in [0.15, 0.2) is 30.5 Å². The van der Waals surface area contributed by atoms with Crippen LogP contribution in [0.4, 0.5) is 0 Å². The van der Waals surface area contributed by atoms with Crippen LogP contribution >= 0.6 is 0 Å². The van der Waals surface area contributed by atoms with Crippen molar-refractivity contribution >= 4 is 15.7 Å². The maximum Gasteiger partial charge on any atom is 0.253 e. The number of carbonyl (C=O) groups is 1. The van der Waals surface area contributed by atoms with Crippen LogP contribution in [-0.2, 0) is 9.84 Å². The molecule has 1 aliphatic rings. The van der Waals surface area contributed by atoms with E-state index in [2.05, 4.69) is 10.3 Å². The Labute approximate surface area is 135 Å². The van der Waals surface area contributed by atoms with Gasteiger partial charge < -0.3 is 9.88 Å². The fourth-order valence-electron chi connectivity index (χ4n) is 3.00. The number of hydrogen-bond acceptors (Lipinski definition) is 4. The van der Waals surface area contributed by atoms with Crippen LogP contribution in [0, 0.1) is 13.8 Å². The Morgan fingerprint density at radius 1 is 1.35 bits per heavy atom. The highest BCUT2D eigenvalue weighted by molar-refractivity contribution is 7.91. The quantitative estimate of drug-likeness (QED) is 0.921. The molecule has 1 saturated heterocycles. The maximum absolute atomic E-state index is 12.5. The third-order valence-corrected chi connectivity index (χ3v) is 5.89. The molecule has 3 heterocycles. The molecule has 1 N–H and O–H groups in total. The molecule has 2 aromatic rings. The minimum Gasteiger partial charge on any atom is -0.348 e. The highest BCUT2D eigenvalue weighted by atomic mass is 32.2. The first kappa shape index (κ1) is 15.7. The average molecular weight is 333 g/mol. The van der Waals surface area contributed by atoms with Gasteiger partial charge in [0.1, 0.15) is 5.82 Å². The van der Waals surface area contributed by atoms with Gasteiger partial charge in [0.25, 0.3) is 5.91 Å². The third kappa shape index (κ3) is 3.14. The standard InChI is InChI=1S/C16H19N3O3S/c1-11-9-14(12(2)19(11)15-5-3-4-7-17-15)16(20)18-13-6-8-23(21,22)10-13/h3-5,7,9,13H,6,8,10H2,1-2H3,(H,18,20)/t13-/m1/s1. The Balaban J connectivity index is 1.85. The lowest BCUT2D eigenvalue weighted by Crippen LogP contribution is -2.35. The number of sulfone groups is 1. The van der Waals surface area contributed by atoms with Crippen LogP contribution < -0.4 is 5.32 Å². The van der Waals surface area contributed by atoms with Gasteiger partial charge in [0.2, 0.25) is 0 Å². The fourth-order valence-corrected chi connectivity index (χ4v) is 4.68. The number of aryl methyl sites for hydroxylation is 1. The van der Waals surface area contributed by atoms with E-state index in [0.29, 0.717) is 12.0 Å². The summed E-state index contributed by atoms with van der Waals surface area (Å²) in [5.41, 5.74) is 2.25. The number of nitrogens with zero attached hydrogens (tertiary/aromatic N) is 2. The molecular formula is C16H19N3O3S. The van der Waals surface area contributed by atoms with E-state index in [1.807, 2.05) is 42.7 Å². The van der Waals surface area contributed by atoms with Gasteiger partial charge in [-0.1, -0.05) is 6.07 Å². The summed E-state index contributed by atoms with van der Waals surface area (Å²) in [6.07, 6.45) is 2.18. The van der Waals surface area contributed by atoms with Gasteiger partial charge in [-0.3, -0.25) is 4.79 Å². The van der Waals surface area contributed by atoms with Crippen molar-refractivity contribution in [2.24, 2.45) is 0 Å². The molecule has 1 atom stereocenters. The molecule has 23 heavy (non-hydrogen) atoms. The van der Waals surface area contributed by atoms with Crippen molar-refractivity contribution in [3.05, 3.63) is 47.4 Å². The van der Waals surface area contributed by atoms with Crippen molar-refractivity contribution in [1.82, 2.24) is 14.9 Å². The van der Waals surface area contributed by atoms with Crippen LogP contribution in [0.25, 0.3) is 5.82 Å². The SMILES string of the molecule is Cc1cc(C(=O)N[C@@H]2CCS(=O)(=O)C2)c(C)n1-c1ccccn1.